The Kier molecular flexibility index (Phi) is 5.40. The van der Waals surface area contributed by atoms with E-state index in [-0.39, 0.29) is 36.4 Å². The molecule has 2 saturated heterocycles. The highest BCUT2D eigenvalue weighted by Gasteiger charge is 2.34. The monoisotopic (exact) mass is 390 g/mol. The fourth-order valence-electron chi connectivity index (χ4n) is 3.29. The molecule has 2 aliphatic rings. The highest BCUT2D eigenvalue weighted by Crippen LogP contribution is 2.23. The van der Waals surface area contributed by atoms with Crippen molar-refractivity contribution in [2.45, 2.75) is 18.8 Å². The lowest BCUT2D eigenvalue weighted by atomic mass is 10.2. The number of ether oxygens (including phenoxy) is 3. The van der Waals surface area contributed by atoms with Gasteiger partial charge in [-0.15, -0.1) is 0 Å². The third kappa shape index (κ3) is 4.40. The van der Waals surface area contributed by atoms with Gasteiger partial charge in [-0.05, 0) is 29.8 Å². The molecule has 0 saturated carbocycles. The molecule has 28 heavy (non-hydrogen) atoms. The standard InChI is InChI=1S/C20H20F2N2O4/c21-14-3-1-2-13(6-14)10-27-19-5-4-15(7-18(19)22)23-20(25)24-8-16-11-26-12-17(9-24)28-16/h1-7,16-17H,8-12H2,(H,23,25). The van der Waals surface area contributed by atoms with Crippen molar-refractivity contribution < 1.29 is 27.8 Å². The van der Waals surface area contributed by atoms with Crippen molar-refractivity contribution in [3.05, 3.63) is 59.7 Å². The molecule has 2 aromatic carbocycles. The number of carbonyl (C=O) groups is 1. The summed E-state index contributed by atoms with van der Waals surface area (Å²) < 4.78 is 44.0. The molecule has 4 rings (SSSR count). The summed E-state index contributed by atoms with van der Waals surface area (Å²) in [6, 6.07) is 9.80. The van der Waals surface area contributed by atoms with Crippen LogP contribution in [0.25, 0.3) is 0 Å². The SMILES string of the molecule is O=C(Nc1ccc(OCc2cccc(F)c2)c(F)c1)N1CC2COCC(C1)O2. The minimum Gasteiger partial charge on any atom is -0.486 e. The zero-order valence-electron chi connectivity index (χ0n) is 15.1. The first kappa shape index (κ1) is 18.6. The molecular weight excluding hydrogens is 370 g/mol. The van der Waals surface area contributed by atoms with Crippen LogP contribution in [0.3, 0.4) is 0 Å². The molecule has 2 aromatic rings. The van der Waals surface area contributed by atoms with Crippen LogP contribution in [0.1, 0.15) is 5.56 Å². The zero-order valence-corrected chi connectivity index (χ0v) is 15.1. The molecule has 8 heteroatoms. The van der Waals surface area contributed by atoms with Crippen LogP contribution in [0.5, 0.6) is 5.75 Å². The minimum atomic E-state index is -0.610. The summed E-state index contributed by atoms with van der Waals surface area (Å²) in [4.78, 5) is 14.1. The van der Waals surface area contributed by atoms with Crippen LogP contribution in [0, 0.1) is 11.6 Å². The van der Waals surface area contributed by atoms with Crippen LogP contribution >= 0.6 is 0 Å². The van der Waals surface area contributed by atoms with E-state index in [1.54, 1.807) is 23.1 Å². The van der Waals surface area contributed by atoms with Gasteiger partial charge in [0, 0.05) is 11.8 Å². The molecule has 2 heterocycles. The number of benzene rings is 2. The number of rotatable bonds is 4. The van der Waals surface area contributed by atoms with Crippen molar-refractivity contribution in [1.29, 1.82) is 0 Å². The molecule has 148 valence electrons. The Hall–Kier alpha value is -2.71. The minimum absolute atomic E-state index is 0.0281. The van der Waals surface area contributed by atoms with Gasteiger partial charge < -0.3 is 24.4 Å². The summed E-state index contributed by atoms with van der Waals surface area (Å²) in [6.07, 6.45) is -0.262. The molecule has 2 unspecified atom stereocenters. The Morgan fingerprint density at radius 1 is 1.14 bits per heavy atom. The van der Waals surface area contributed by atoms with Crippen LogP contribution in [0.2, 0.25) is 0 Å². The second-order valence-corrected chi connectivity index (χ2v) is 6.82. The first-order valence-electron chi connectivity index (χ1n) is 9.03. The van der Waals surface area contributed by atoms with Crippen LogP contribution < -0.4 is 10.1 Å². The number of urea groups is 1. The molecule has 0 spiro atoms. The Balaban J connectivity index is 1.35. The van der Waals surface area contributed by atoms with Gasteiger partial charge in [0.25, 0.3) is 0 Å². The average molecular weight is 390 g/mol. The third-order valence-electron chi connectivity index (χ3n) is 4.59. The molecule has 2 atom stereocenters. The van der Waals surface area contributed by atoms with Crippen LogP contribution in [-0.2, 0) is 16.1 Å². The van der Waals surface area contributed by atoms with Crippen LogP contribution in [-0.4, -0.2) is 49.4 Å². The van der Waals surface area contributed by atoms with E-state index in [0.717, 1.165) is 0 Å². The summed E-state index contributed by atoms with van der Waals surface area (Å²) in [7, 11) is 0. The topological polar surface area (TPSA) is 60.0 Å². The van der Waals surface area contributed by atoms with Gasteiger partial charge >= 0.3 is 6.03 Å². The Morgan fingerprint density at radius 2 is 1.93 bits per heavy atom. The van der Waals surface area contributed by atoms with Crippen molar-refractivity contribution in [3.8, 4) is 5.75 Å². The lowest BCUT2D eigenvalue weighted by Gasteiger charge is -2.41. The smallest absolute Gasteiger partial charge is 0.322 e. The zero-order chi connectivity index (χ0) is 19.5. The summed E-state index contributed by atoms with van der Waals surface area (Å²) in [5.41, 5.74) is 0.923. The van der Waals surface area contributed by atoms with Crippen molar-refractivity contribution in [2.75, 3.05) is 31.6 Å². The van der Waals surface area contributed by atoms with Gasteiger partial charge in [-0.2, -0.15) is 0 Å². The molecule has 0 aliphatic carbocycles. The van der Waals surface area contributed by atoms with E-state index in [2.05, 4.69) is 5.32 Å². The van der Waals surface area contributed by atoms with E-state index < -0.39 is 5.82 Å². The Morgan fingerprint density at radius 3 is 2.64 bits per heavy atom. The molecular formula is C20H20F2N2O4. The van der Waals surface area contributed by atoms with E-state index in [1.165, 1.54) is 24.3 Å². The Bertz CT molecular complexity index is 852. The number of morpholine rings is 1. The maximum Gasteiger partial charge on any atom is 0.322 e. The molecule has 2 bridgehead atoms. The van der Waals surface area contributed by atoms with Crippen molar-refractivity contribution in [2.24, 2.45) is 0 Å². The van der Waals surface area contributed by atoms with E-state index in [9.17, 15) is 13.6 Å². The molecule has 0 aromatic heterocycles. The fourth-order valence-corrected chi connectivity index (χ4v) is 3.29. The number of anilines is 1. The largest absolute Gasteiger partial charge is 0.486 e. The number of hydrogen-bond acceptors (Lipinski definition) is 4. The number of fused-ring (bicyclic) bond motifs is 2. The highest BCUT2D eigenvalue weighted by molar-refractivity contribution is 5.89. The van der Waals surface area contributed by atoms with Crippen molar-refractivity contribution in [3.63, 3.8) is 0 Å². The highest BCUT2D eigenvalue weighted by atomic mass is 19.1. The Labute approximate surface area is 161 Å². The van der Waals surface area contributed by atoms with E-state index in [0.29, 0.717) is 37.6 Å². The van der Waals surface area contributed by atoms with Crippen LogP contribution in [0.15, 0.2) is 42.5 Å². The number of nitrogens with zero attached hydrogens (tertiary/aromatic N) is 1. The van der Waals surface area contributed by atoms with E-state index >= 15 is 0 Å². The van der Waals surface area contributed by atoms with Crippen LogP contribution in [0.4, 0.5) is 19.3 Å². The van der Waals surface area contributed by atoms with E-state index in [4.69, 9.17) is 14.2 Å². The number of amides is 2. The maximum atomic E-state index is 14.3. The predicted octanol–water partition coefficient (Wildman–Crippen LogP) is 3.18. The average Bonchev–Trinajstić information content (AvgIpc) is 2.67. The molecule has 1 N–H and O–H groups in total. The third-order valence-corrected chi connectivity index (χ3v) is 4.59. The number of nitrogens with one attached hydrogen (secondary N) is 1. The molecule has 0 radical (unpaired) electrons. The second-order valence-electron chi connectivity index (χ2n) is 6.82. The summed E-state index contributed by atoms with van der Waals surface area (Å²) in [6.45, 7) is 1.83. The van der Waals surface area contributed by atoms with Gasteiger partial charge in [0.15, 0.2) is 11.6 Å². The first-order valence-corrected chi connectivity index (χ1v) is 9.03. The van der Waals surface area contributed by atoms with Gasteiger partial charge in [-0.1, -0.05) is 12.1 Å². The first-order chi connectivity index (χ1) is 13.6. The number of hydrogen-bond donors (Lipinski definition) is 1. The quantitative estimate of drug-likeness (QED) is 0.871. The second kappa shape index (κ2) is 8.12. The fraction of sp³-hybridized carbons (Fsp3) is 0.350. The van der Waals surface area contributed by atoms with Gasteiger partial charge in [-0.25, -0.2) is 13.6 Å². The van der Waals surface area contributed by atoms with Gasteiger partial charge in [0.2, 0.25) is 0 Å². The van der Waals surface area contributed by atoms with Crippen molar-refractivity contribution in [1.82, 2.24) is 4.90 Å². The lowest BCUT2D eigenvalue weighted by Crippen LogP contribution is -2.56. The van der Waals surface area contributed by atoms with E-state index in [1.807, 2.05) is 0 Å². The van der Waals surface area contributed by atoms with Gasteiger partial charge in [0.05, 0.1) is 38.5 Å². The van der Waals surface area contributed by atoms with Gasteiger partial charge in [-0.3, -0.25) is 0 Å². The molecule has 2 amide bonds. The normalized spacial score (nSPS) is 21.3. The number of carbonyl (C=O) groups excluding carboxylic acids is 1. The molecule has 6 nitrogen and oxygen atoms in total. The maximum absolute atomic E-state index is 14.3. The predicted molar refractivity (Wildman–Crippen MR) is 97.2 cm³/mol. The molecule has 2 fully saturated rings. The summed E-state index contributed by atoms with van der Waals surface area (Å²) >= 11 is 0. The van der Waals surface area contributed by atoms with Gasteiger partial charge in [0.1, 0.15) is 12.4 Å². The number of halogens is 2. The summed E-state index contributed by atoms with van der Waals surface area (Å²) in [5.74, 6) is -0.958. The van der Waals surface area contributed by atoms with Crippen molar-refractivity contribution >= 4 is 11.7 Å². The molecule has 2 aliphatic heterocycles. The summed E-state index contributed by atoms with van der Waals surface area (Å²) in [5, 5.41) is 2.70. The lowest BCUT2D eigenvalue weighted by molar-refractivity contribution is -0.170.